The van der Waals surface area contributed by atoms with Crippen molar-refractivity contribution in [2.24, 2.45) is 5.92 Å². The van der Waals surface area contributed by atoms with Crippen molar-refractivity contribution in [3.8, 4) is 5.75 Å². The van der Waals surface area contributed by atoms with Gasteiger partial charge in [-0.15, -0.1) is 0 Å². The maximum absolute atomic E-state index is 13.2. The molecule has 0 N–H and O–H groups in total. The number of amides is 1. The summed E-state index contributed by atoms with van der Waals surface area (Å²) in [5.41, 5.74) is 1.99. The Hall–Kier alpha value is -2.37. The molecule has 4 rings (SSSR count). The second-order valence-electron chi connectivity index (χ2n) is 9.16. The van der Waals surface area contributed by atoms with E-state index in [1.165, 1.54) is 5.56 Å². The van der Waals surface area contributed by atoms with Crippen LogP contribution in [0.1, 0.15) is 35.2 Å². The van der Waals surface area contributed by atoms with Crippen molar-refractivity contribution in [3.63, 3.8) is 0 Å². The maximum atomic E-state index is 13.2. The Bertz CT molecular complexity index is 903. The number of fused-ring (bicyclic) bond motifs is 1. The predicted octanol–water partition coefficient (Wildman–Crippen LogP) is 3.83. The summed E-state index contributed by atoms with van der Waals surface area (Å²) in [5, 5.41) is 0. The zero-order chi connectivity index (χ0) is 22.0. The van der Waals surface area contributed by atoms with Crippen molar-refractivity contribution < 1.29 is 14.3 Å². The minimum absolute atomic E-state index is 0.0458. The molecule has 166 valence electrons. The van der Waals surface area contributed by atoms with E-state index in [4.69, 9.17) is 9.47 Å². The van der Waals surface area contributed by atoms with Gasteiger partial charge in [-0.05, 0) is 62.7 Å². The molecule has 0 spiro atoms. The fraction of sp³-hybridized carbons (Fsp3) is 0.500. The van der Waals surface area contributed by atoms with Gasteiger partial charge in [-0.25, -0.2) is 0 Å². The van der Waals surface area contributed by atoms with Gasteiger partial charge in [0.05, 0.1) is 13.2 Å². The summed E-state index contributed by atoms with van der Waals surface area (Å²) in [5.74, 6) is 1.34. The van der Waals surface area contributed by atoms with E-state index in [9.17, 15) is 4.79 Å². The summed E-state index contributed by atoms with van der Waals surface area (Å²) in [4.78, 5) is 17.6. The Morgan fingerprint density at radius 3 is 2.61 bits per heavy atom. The number of ether oxygens (including phenoxy) is 2. The second-order valence-corrected chi connectivity index (χ2v) is 9.16. The highest BCUT2D eigenvalue weighted by Crippen LogP contribution is 2.51. The number of rotatable bonds is 5. The Morgan fingerprint density at radius 1 is 1.13 bits per heavy atom. The smallest absolute Gasteiger partial charge is 0.253 e. The number of piperidine rings is 1. The molecule has 1 aliphatic carbocycles. The molecule has 0 bridgehead atoms. The molecule has 0 aromatic heterocycles. The fourth-order valence-electron chi connectivity index (χ4n) is 5.76. The molecule has 31 heavy (non-hydrogen) atoms. The van der Waals surface area contributed by atoms with Crippen LogP contribution in [-0.4, -0.2) is 69.3 Å². The molecule has 4 atom stereocenters. The first-order valence-electron chi connectivity index (χ1n) is 11.2. The zero-order valence-electron chi connectivity index (χ0n) is 19.1. The van der Waals surface area contributed by atoms with Crippen molar-refractivity contribution in [1.82, 2.24) is 9.80 Å². The number of hydrogen-bond donors (Lipinski definition) is 0. The van der Waals surface area contributed by atoms with Crippen LogP contribution in [-0.2, 0) is 10.2 Å². The van der Waals surface area contributed by atoms with E-state index in [0.717, 1.165) is 43.7 Å². The van der Waals surface area contributed by atoms with E-state index in [-0.39, 0.29) is 23.5 Å². The van der Waals surface area contributed by atoms with Crippen LogP contribution in [0.4, 0.5) is 0 Å². The van der Waals surface area contributed by atoms with Gasteiger partial charge in [-0.3, -0.25) is 4.79 Å². The number of nitrogens with zero attached hydrogens (tertiary/aromatic N) is 2. The molecule has 2 fully saturated rings. The molecule has 1 heterocycles. The molecule has 1 saturated carbocycles. The number of likely N-dealkylation sites (tertiary alicyclic amines) is 1. The van der Waals surface area contributed by atoms with Crippen molar-refractivity contribution in [2.45, 2.75) is 36.8 Å². The normalized spacial score (nSPS) is 28.6. The van der Waals surface area contributed by atoms with Crippen LogP contribution in [0.2, 0.25) is 0 Å². The second kappa shape index (κ2) is 9.01. The number of carbonyl (C=O) groups is 1. The van der Waals surface area contributed by atoms with Gasteiger partial charge in [-0.2, -0.15) is 0 Å². The lowest BCUT2D eigenvalue weighted by molar-refractivity contribution is -0.0751. The van der Waals surface area contributed by atoms with Crippen LogP contribution < -0.4 is 4.74 Å². The number of benzene rings is 2. The largest absolute Gasteiger partial charge is 0.497 e. The molecule has 2 aromatic carbocycles. The highest BCUT2D eigenvalue weighted by molar-refractivity contribution is 5.94. The van der Waals surface area contributed by atoms with Gasteiger partial charge >= 0.3 is 0 Å². The molecular weight excluding hydrogens is 388 g/mol. The van der Waals surface area contributed by atoms with Gasteiger partial charge < -0.3 is 19.3 Å². The Labute approximate surface area is 185 Å². The van der Waals surface area contributed by atoms with Crippen LogP contribution in [0.5, 0.6) is 5.75 Å². The summed E-state index contributed by atoms with van der Waals surface area (Å²) in [6.07, 6.45) is 2.94. The summed E-state index contributed by atoms with van der Waals surface area (Å²) in [6.45, 7) is 2.03. The first-order chi connectivity index (χ1) is 15.0. The summed E-state index contributed by atoms with van der Waals surface area (Å²) in [7, 11) is 7.68. The van der Waals surface area contributed by atoms with Crippen molar-refractivity contribution in [2.75, 3.05) is 41.4 Å². The van der Waals surface area contributed by atoms with E-state index in [1.54, 1.807) is 7.11 Å². The number of methoxy groups -OCH3 is 2. The third kappa shape index (κ3) is 4.09. The third-order valence-electron chi connectivity index (χ3n) is 7.55. The maximum Gasteiger partial charge on any atom is 0.253 e. The Morgan fingerprint density at radius 2 is 1.90 bits per heavy atom. The van der Waals surface area contributed by atoms with Crippen LogP contribution in [0.3, 0.4) is 0 Å². The third-order valence-corrected chi connectivity index (χ3v) is 7.55. The molecule has 1 aliphatic heterocycles. The lowest BCUT2D eigenvalue weighted by Gasteiger charge is -2.56. The first kappa shape index (κ1) is 21.8. The summed E-state index contributed by atoms with van der Waals surface area (Å²) in [6, 6.07) is 18.2. The van der Waals surface area contributed by atoms with E-state index in [2.05, 4.69) is 30.1 Å². The zero-order valence-corrected chi connectivity index (χ0v) is 19.1. The summed E-state index contributed by atoms with van der Waals surface area (Å²) >= 11 is 0. The molecule has 2 aromatic rings. The lowest BCUT2D eigenvalue weighted by atomic mass is 9.56. The van der Waals surface area contributed by atoms with E-state index >= 15 is 0 Å². The Balaban J connectivity index is 1.71. The minimum atomic E-state index is -0.0458. The molecule has 5 nitrogen and oxygen atoms in total. The molecule has 2 aliphatic rings. The van der Waals surface area contributed by atoms with Gasteiger partial charge in [0, 0.05) is 43.6 Å². The van der Waals surface area contributed by atoms with Crippen molar-refractivity contribution in [1.29, 1.82) is 0 Å². The van der Waals surface area contributed by atoms with Gasteiger partial charge in [0.25, 0.3) is 5.91 Å². The standard InChI is InChI=1S/C26H34N2O3/c1-27-14-13-26(20-11-8-12-22(15-20)30-3)17-21(16-24(31-4)23(26)18-27)28(2)25(29)19-9-6-5-7-10-19/h5-12,15,21,23-24H,13-14,16-18H2,1-4H3/t21-,23+,24?,26+/m1/s1. The monoisotopic (exact) mass is 422 g/mol. The topological polar surface area (TPSA) is 42.0 Å². The SMILES string of the molecule is COc1cccc([C@@]23CCN(C)C[C@H]2C(OC)C[C@@H](N(C)C(=O)c2ccccc2)C3)c1. The average Bonchev–Trinajstić information content (AvgIpc) is 2.83. The van der Waals surface area contributed by atoms with Crippen LogP contribution in [0, 0.1) is 5.92 Å². The fourth-order valence-corrected chi connectivity index (χ4v) is 5.76. The highest BCUT2D eigenvalue weighted by atomic mass is 16.5. The van der Waals surface area contributed by atoms with Gasteiger partial charge in [0.1, 0.15) is 5.75 Å². The van der Waals surface area contributed by atoms with Crippen molar-refractivity contribution in [3.05, 3.63) is 65.7 Å². The van der Waals surface area contributed by atoms with Gasteiger partial charge in [0.2, 0.25) is 0 Å². The minimum Gasteiger partial charge on any atom is -0.497 e. The Kier molecular flexibility index (Phi) is 6.35. The molecule has 0 radical (unpaired) electrons. The lowest BCUT2D eigenvalue weighted by Crippen LogP contribution is -2.61. The molecular formula is C26H34N2O3. The quantitative estimate of drug-likeness (QED) is 0.734. The first-order valence-corrected chi connectivity index (χ1v) is 11.2. The van der Waals surface area contributed by atoms with Crippen LogP contribution >= 0.6 is 0 Å². The van der Waals surface area contributed by atoms with E-state index in [1.807, 2.05) is 55.5 Å². The van der Waals surface area contributed by atoms with Crippen LogP contribution in [0.25, 0.3) is 0 Å². The van der Waals surface area contributed by atoms with Gasteiger partial charge in [-0.1, -0.05) is 30.3 Å². The van der Waals surface area contributed by atoms with Crippen molar-refractivity contribution >= 4 is 5.91 Å². The molecule has 5 heteroatoms. The molecule has 1 saturated heterocycles. The number of carbonyl (C=O) groups excluding carboxylic acids is 1. The van der Waals surface area contributed by atoms with Gasteiger partial charge in [0.15, 0.2) is 0 Å². The van der Waals surface area contributed by atoms with Crippen LogP contribution in [0.15, 0.2) is 54.6 Å². The predicted molar refractivity (Wildman–Crippen MR) is 123 cm³/mol. The number of hydrogen-bond acceptors (Lipinski definition) is 4. The average molecular weight is 423 g/mol. The summed E-state index contributed by atoms with van der Waals surface area (Å²) < 4.78 is 11.6. The van der Waals surface area contributed by atoms with E-state index in [0.29, 0.717) is 5.92 Å². The molecule has 1 unspecified atom stereocenters. The molecule has 1 amide bonds. The highest BCUT2D eigenvalue weighted by Gasteiger charge is 2.53. The van der Waals surface area contributed by atoms with E-state index < -0.39 is 0 Å².